The summed E-state index contributed by atoms with van der Waals surface area (Å²) >= 11 is 0. The van der Waals surface area contributed by atoms with E-state index in [0.717, 1.165) is 32.4 Å². The minimum atomic E-state index is -0.0493. The molecule has 2 aliphatic heterocycles. The average molecular weight is 268 g/mol. The minimum Gasteiger partial charge on any atom is -0.468 e. The number of esters is 1. The smallest absolute Gasteiger partial charge is 0.323 e. The van der Waals surface area contributed by atoms with Gasteiger partial charge < -0.3 is 4.74 Å². The summed E-state index contributed by atoms with van der Waals surface area (Å²) in [6.45, 7) is 7.79. The molecule has 0 aromatic heterocycles. The number of rotatable bonds is 5. The first-order chi connectivity index (χ1) is 9.17. The zero-order valence-electron chi connectivity index (χ0n) is 12.6. The van der Waals surface area contributed by atoms with Gasteiger partial charge in [0.1, 0.15) is 6.04 Å². The van der Waals surface area contributed by atoms with Crippen molar-refractivity contribution in [3.8, 4) is 0 Å². The molecule has 2 aliphatic rings. The first-order valence-electron chi connectivity index (χ1n) is 7.75. The second-order valence-corrected chi connectivity index (χ2v) is 6.02. The quantitative estimate of drug-likeness (QED) is 0.713. The summed E-state index contributed by atoms with van der Waals surface area (Å²) in [5.41, 5.74) is 0. The second kappa shape index (κ2) is 6.71. The molecule has 2 saturated heterocycles. The Morgan fingerprint density at radius 2 is 2.21 bits per heavy atom. The summed E-state index contributed by atoms with van der Waals surface area (Å²) in [6, 6.07) is 1.07. The first kappa shape index (κ1) is 14.8. The molecule has 110 valence electrons. The van der Waals surface area contributed by atoms with Crippen molar-refractivity contribution in [1.29, 1.82) is 0 Å². The topological polar surface area (TPSA) is 32.8 Å². The number of piperazine rings is 1. The Hall–Kier alpha value is -0.610. The van der Waals surface area contributed by atoms with Gasteiger partial charge in [-0.15, -0.1) is 0 Å². The maximum Gasteiger partial charge on any atom is 0.323 e. The Morgan fingerprint density at radius 3 is 2.89 bits per heavy atom. The molecule has 19 heavy (non-hydrogen) atoms. The second-order valence-electron chi connectivity index (χ2n) is 6.02. The highest BCUT2D eigenvalue weighted by molar-refractivity contribution is 5.75. The third-order valence-electron chi connectivity index (χ3n) is 4.69. The van der Waals surface area contributed by atoms with Crippen LogP contribution in [0.4, 0.5) is 0 Å². The largest absolute Gasteiger partial charge is 0.468 e. The lowest BCUT2D eigenvalue weighted by Gasteiger charge is -2.45. The van der Waals surface area contributed by atoms with Crippen molar-refractivity contribution >= 4 is 5.97 Å². The Labute approximate surface area is 117 Å². The van der Waals surface area contributed by atoms with E-state index in [1.54, 1.807) is 0 Å². The Kier molecular flexibility index (Phi) is 5.22. The predicted molar refractivity (Wildman–Crippen MR) is 76.1 cm³/mol. The highest BCUT2D eigenvalue weighted by Gasteiger charge is 2.39. The molecule has 0 bridgehead atoms. The van der Waals surface area contributed by atoms with Crippen molar-refractivity contribution in [3.63, 3.8) is 0 Å². The van der Waals surface area contributed by atoms with E-state index in [0.29, 0.717) is 12.1 Å². The van der Waals surface area contributed by atoms with Gasteiger partial charge in [0.05, 0.1) is 7.11 Å². The molecule has 2 rings (SSSR count). The fourth-order valence-electron chi connectivity index (χ4n) is 3.60. The molecular weight excluding hydrogens is 240 g/mol. The maximum atomic E-state index is 12.1. The summed E-state index contributed by atoms with van der Waals surface area (Å²) in [7, 11) is 1.51. The van der Waals surface area contributed by atoms with Gasteiger partial charge in [-0.05, 0) is 32.7 Å². The number of ether oxygens (including phenoxy) is 1. The van der Waals surface area contributed by atoms with Gasteiger partial charge in [-0.2, -0.15) is 0 Å². The number of methoxy groups -OCH3 is 1. The molecule has 0 radical (unpaired) electrons. The van der Waals surface area contributed by atoms with Crippen LogP contribution in [0.25, 0.3) is 0 Å². The molecule has 0 spiro atoms. The van der Waals surface area contributed by atoms with Gasteiger partial charge in [0.25, 0.3) is 0 Å². The van der Waals surface area contributed by atoms with E-state index in [4.69, 9.17) is 4.74 Å². The molecule has 2 fully saturated rings. The third-order valence-corrected chi connectivity index (χ3v) is 4.69. The zero-order chi connectivity index (χ0) is 13.8. The molecule has 0 N–H and O–H groups in total. The van der Waals surface area contributed by atoms with Gasteiger partial charge >= 0.3 is 5.97 Å². The zero-order valence-corrected chi connectivity index (χ0v) is 12.6. The van der Waals surface area contributed by atoms with Gasteiger partial charge in [-0.25, -0.2) is 0 Å². The van der Waals surface area contributed by atoms with Gasteiger partial charge in [-0.3, -0.25) is 14.6 Å². The van der Waals surface area contributed by atoms with Crippen LogP contribution >= 0.6 is 0 Å². The van der Waals surface area contributed by atoms with Crippen LogP contribution in [0.3, 0.4) is 0 Å². The van der Waals surface area contributed by atoms with E-state index in [-0.39, 0.29) is 12.0 Å². The molecule has 2 heterocycles. The van der Waals surface area contributed by atoms with Crippen LogP contribution in [0.5, 0.6) is 0 Å². The van der Waals surface area contributed by atoms with Gasteiger partial charge in [-0.1, -0.05) is 19.8 Å². The van der Waals surface area contributed by atoms with E-state index in [2.05, 4.69) is 23.6 Å². The van der Waals surface area contributed by atoms with Crippen LogP contribution in [0.15, 0.2) is 0 Å². The van der Waals surface area contributed by atoms with E-state index >= 15 is 0 Å². The van der Waals surface area contributed by atoms with Crippen LogP contribution in [-0.2, 0) is 9.53 Å². The van der Waals surface area contributed by atoms with E-state index in [9.17, 15) is 4.79 Å². The fraction of sp³-hybridized carbons (Fsp3) is 0.933. The summed E-state index contributed by atoms with van der Waals surface area (Å²) in [4.78, 5) is 17.1. The standard InChI is InChI=1S/C15H28N2O2/c1-4-5-8-14(15(18)19-3)17-11-13-7-6-9-16(13)10-12(17)2/h12-14H,4-11H2,1-3H3. The molecule has 0 amide bonds. The number of hydrogen-bond donors (Lipinski definition) is 0. The molecule has 0 aromatic rings. The van der Waals surface area contributed by atoms with Crippen LogP contribution in [-0.4, -0.2) is 60.6 Å². The summed E-state index contributed by atoms with van der Waals surface area (Å²) < 4.78 is 5.03. The van der Waals surface area contributed by atoms with Crippen LogP contribution < -0.4 is 0 Å². The van der Waals surface area contributed by atoms with Crippen LogP contribution in [0, 0.1) is 0 Å². The lowest BCUT2D eigenvalue weighted by Crippen LogP contribution is -2.59. The molecule has 0 aliphatic carbocycles. The predicted octanol–water partition coefficient (Wildman–Crippen LogP) is 1.89. The van der Waals surface area contributed by atoms with Gasteiger partial charge in [0.2, 0.25) is 0 Å². The van der Waals surface area contributed by atoms with Crippen LogP contribution in [0.2, 0.25) is 0 Å². The summed E-state index contributed by atoms with van der Waals surface area (Å²) in [5.74, 6) is -0.0493. The third kappa shape index (κ3) is 3.29. The van der Waals surface area contributed by atoms with E-state index < -0.39 is 0 Å². The molecule has 4 nitrogen and oxygen atoms in total. The molecule has 3 unspecified atom stereocenters. The molecule has 0 saturated carbocycles. The Morgan fingerprint density at radius 1 is 1.42 bits per heavy atom. The molecule has 3 atom stereocenters. The number of unbranched alkanes of at least 4 members (excludes halogenated alkanes) is 1. The highest BCUT2D eigenvalue weighted by Crippen LogP contribution is 2.27. The number of carbonyl (C=O) groups is 1. The van der Waals surface area contributed by atoms with E-state index in [1.165, 1.54) is 26.5 Å². The van der Waals surface area contributed by atoms with Crippen molar-refractivity contribution in [2.24, 2.45) is 0 Å². The number of hydrogen-bond acceptors (Lipinski definition) is 4. The fourth-order valence-corrected chi connectivity index (χ4v) is 3.60. The molecule has 4 heteroatoms. The Bertz CT molecular complexity index is 309. The van der Waals surface area contributed by atoms with Crippen molar-refractivity contribution < 1.29 is 9.53 Å². The monoisotopic (exact) mass is 268 g/mol. The van der Waals surface area contributed by atoms with Crippen molar-refractivity contribution in [1.82, 2.24) is 9.80 Å². The SMILES string of the molecule is CCCCC(C(=O)OC)N1CC2CCCN2CC1C. The maximum absolute atomic E-state index is 12.1. The van der Waals surface area contributed by atoms with Crippen LogP contribution in [0.1, 0.15) is 46.0 Å². The number of carbonyl (C=O) groups excluding carboxylic acids is 1. The van der Waals surface area contributed by atoms with Crippen molar-refractivity contribution in [2.45, 2.75) is 64.1 Å². The minimum absolute atomic E-state index is 0.0392. The van der Waals surface area contributed by atoms with Crippen molar-refractivity contribution in [2.75, 3.05) is 26.7 Å². The molecular formula is C15H28N2O2. The number of nitrogens with zero attached hydrogens (tertiary/aromatic N) is 2. The lowest BCUT2D eigenvalue weighted by molar-refractivity contribution is -0.150. The first-order valence-corrected chi connectivity index (χ1v) is 7.75. The van der Waals surface area contributed by atoms with Gasteiger partial charge in [0, 0.05) is 25.2 Å². The normalized spacial score (nSPS) is 30.1. The van der Waals surface area contributed by atoms with Gasteiger partial charge in [0.15, 0.2) is 0 Å². The highest BCUT2D eigenvalue weighted by atomic mass is 16.5. The van der Waals surface area contributed by atoms with Crippen molar-refractivity contribution in [3.05, 3.63) is 0 Å². The molecule has 0 aromatic carbocycles. The lowest BCUT2D eigenvalue weighted by atomic mass is 10.0. The summed E-state index contributed by atoms with van der Waals surface area (Å²) in [5, 5.41) is 0. The van der Waals surface area contributed by atoms with E-state index in [1.807, 2.05) is 0 Å². The summed E-state index contributed by atoms with van der Waals surface area (Å²) in [6.07, 6.45) is 5.75. The number of fused-ring (bicyclic) bond motifs is 1. The Balaban J connectivity index is 2.04. The average Bonchev–Trinajstić information content (AvgIpc) is 2.85.